The number of anilines is 1. The molecule has 34 heavy (non-hydrogen) atoms. The zero-order valence-corrected chi connectivity index (χ0v) is 18.6. The molecule has 0 saturated carbocycles. The summed E-state index contributed by atoms with van der Waals surface area (Å²) in [5.74, 6) is -3.11. The van der Waals surface area contributed by atoms with Gasteiger partial charge < -0.3 is 20.5 Å². The van der Waals surface area contributed by atoms with Gasteiger partial charge in [-0.1, -0.05) is 48.5 Å². The van der Waals surface area contributed by atoms with Crippen molar-refractivity contribution < 1.29 is 28.6 Å². The molecule has 0 fully saturated rings. The molecule has 0 bridgehead atoms. The Hall–Kier alpha value is -4.20. The van der Waals surface area contributed by atoms with Gasteiger partial charge in [0.25, 0.3) is 0 Å². The Morgan fingerprint density at radius 3 is 2.15 bits per heavy atom. The van der Waals surface area contributed by atoms with E-state index in [1.165, 1.54) is 19.9 Å². The Morgan fingerprint density at radius 1 is 0.971 bits per heavy atom. The van der Waals surface area contributed by atoms with Gasteiger partial charge in [-0.3, -0.25) is 4.79 Å². The molecule has 174 valence electrons. The third kappa shape index (κ3) is 4.47. The average Bonchev–Trinajstić information content (AvgIpc) is 3.12. The van der Waals surface area contributed by atoms with Crippen LogP contribution in [0, 0.1) is 5.82 Å². The molecule has 3 aromatic rings. The Morgan fingerprint density at radius 2 is 1.56 bits per heavy atom. The maximum Gasteiger partial charge on any atom is 0.408 e. The second-order valence-electron chi connectivity index (χ2n) is 8.53. The van der Waals surface area contributed by atoms with E-state index in [4.69, 9.17) is 9.84 Å². The van der Waals surface area contributed by atoms with Crippen LogP contribution in [0.4, 0.5) is 14.9 Å². The number of alkyl carbamates (subject to hydrolysis) is 1. The number of fused-ring (bicyclic) bond motifs is 3. The van der Waals surface area contributed by atoms with Crippen molar-refractivity contribution in [2.75, 3.05) is 11.9 Å². The molecular formula is C26H23FN2O5. The quantitative estimate of drug-likeness (QED) is 0.489. The van der Waals surface area contributed by atoms with Gasteiger partial charge in [0, 0.05) is 11.6 Å². The zero-order valence-electron chi connectivity index (χ0n) is 18.6. The van der Waals surface area contributed by atoms with Crippen molar-refractivity contribution in [2.24, 2.45) is 0 Å². The lowest BCUT2D eigenvalue weighted by Crippen LogP contribution is -2.52. The zero-order chi connectivity index (χ0) is 24.5. The van der Waals surface area contributed by atoms with Crippen molar-refractivity contribution >= 4 is 23.7 Å². The minimum absolute atomic E-state index is 0.0891. The summed E-state index contributed by atoms with van der Waals surface area (Å²) in [4.78, 5) is 36.4. The summed E-state index contributed by atoms with van der Waals surface area (Å²) >= 11 is 0. The lowest BCUT2D eigenvalue weighted by Gasteiger charge is -2.25. The second-order valence-corrected chi connectivity index (χ2v) is 8.53. The lowest BCUT2D eigenvalue weighted by atomic mass is 9.98. The molecule has 1 aliphatic carbocycles. The van der Waals surface area contributed by atoms with E-state index in [-0.39, 0.29) is 18.2 Å². The van der Waals surface area contributed by atoms with Gasteiger partial charge in [-0.25, -0.2) is 14.0 Å². The van der Waals surface area contributed by atoms with Crippen LogP contribution in [0.1, 0.15) is 41.3 Å². The number of carbonyl (C=O) groups excluding carboxylic acids is 2. The predicted molar refractivity (Wildman–Crippen MR) is 124 cm³/mol. The van der Waals surface area contributed by atoms with E-state index in [9.17, 15) is 18.8 Å². The van der Waals surface area contributed by atoms with Crippen molar-refractivity contribution in [3.05, 3.63) is 89.2 Å². The molecule has 4 rings (SSSR count). The van der Waals surface area contributed by atoms with E-state index in [0.717, 1.165) is 34.4 Å². The first-order valence-electron chi connectivity index (χ1n) is 10.6. The van der Waals surface area contributed by atoms with Crippen molar-refractivity contribution in [3.63, 3.8) is 0 Å². The smallest absolute Gasteiger partial charge is 0.408 e. The minimum Gasteiger partial charge on any atom is -0.478 e. The number of hydrogen-bond acceptors (Lipinski definition) is 4. The average molecular weight is 462 g/mol. The summed E-state index contributed by atoms with van der Waals surface area (Å²) in [6.45, 7) is 3.05. The summed E-state index contributed by atoms with van der Waals surface area (Å²) in [6.07, 6.45) is -0.771. The number of rotatable bonds is 6. The van der Waals surface area contributed by atoms with Crippen LogP contribution in [0.2, 0.25) is 0 Å². The minimum atomic E-state index is -1.45. The maximum absolute atomic E-state index is 13.6. The SMILES string of the molecule is CC(C)(NC(=O)OCC1c2ccccc2-c2ccccc21)C(=O)Nc1ccc(F)c(C(=O)O)c1. The molecule has 3 aromatic carbocycles. The van der Waals surface area contributed by atoms with E-state index in [0.29, 0.717) is 0 Å². The van der Waals surface area contributed by atoms with E-state index in [2.05, 4.69) is 10.6 Å². The molecule has 0 aromatic heterocycles. The largest absolute Gasteiger partial charge is 0.478 e. The highest BCUT2D eigenvalue weighted by atomic mass is 19.1. The standard InChI is InChI=1S/C26H23FN2O5/c1-26(2,24(32)28-15-11-12-22(27)20(13-15)23(30)31)29-25(33)34-14-21-18-9-5-3-7-16(18)17-8-4-6-10-19(17)21/h3-13,21H,14H2,1-2H3,(H,28,32)(H,29,33)(H,30,31). The number of nitrogens with one attached hydrogen (secondary N) is 2. The number of aromatic carboxylic acids is 1. The van der Waals surface area contributed by atoms with Crippen LogP contribution in [0.3, 0.4) is 0 Å². The van der Waals surface area contributed by atoms with Crippen LogP contribution in [-0.2, 0) is 9.53 Å². The molecule has 0 unspecified atom stereocenters. The van der Waals surface area contributed by atoms with Crippen molar-refractivity contribution in [1.82, 2.24) is 5.32 Å². The number of amides is 2. The molecule has 8 heteroatoms. The molecule has 1 aliphatic rings. The summed E-state index contributed by atoms with van der Waals surface area (Å²) < 4.78 is 19.1. The van der Waals surface area contributed by atoms with Crippen LogP contribution in [-0.4, -0.2) is 35.2 Å². The molecule has 0 saturated heterocycles. The van der Waals surface area contributed by atoms with Crippen LogP contribution in [0.15, 0.2) is 66.7 Å². The Balaban J connectivity index is 1.40. The van der Waals surface area contributed by atoms with Crippen LogP contribution >= 0.6 is 0 Å². The number of ether oxygens (including phenoxy) is 1. The molecule has 0 atom stereocenters. The van der Waals surface area contributed by atoms with Crippen molar-refractivity contribution in [3.8, 4) is 11.1 Å². The molecular weight excluding hydrogens is 439 g/mol. The fraction of sp³-hybridized carbons (Fsp3) is 0.192. The number of hydrogen-bond donors (Lipinski definition) is 3. The monoisotopic (exact) mass is 462 g/mol. The fourth-order valence-corrected chi connectivity index (χ4v) is 4.00. The van der Waals surface area contributed by atoms with Crippen LogP contribution in [0.5, 0.6) is 0 Å². The first-order valence-corrected chi connectivity index (χ1v) is 10.6. The molecule has 0 aliphatic heterocycles. The fourth-order valence-electron chi connectivity index (χ4n) is 4.00. The highest BCUT2D eigenvalue weighted by molar-refractivity contribution is 6.00. The number of carboxylic acid groups (broad SMARTS) is 1. The Bertz CT molecular complexity index is 1240. The van der Waals surface area contributed by atoms with E-state index in [1.54, 1.807) is 0 Å². The second kappa shape index (κ2) is 8.97. The van der Waals surface area contributed by atoms with Crippen molar-refractivity contribution in [2.45, 2.75) is 25.3 Å². The van der Waals surface area contributed by atoms with E-state index >= 15 is 0 Å². The molecule has 0 radical (unpaired) electrons. The summed E-state index contributed by atoms with van der Waals surface area (Å²) in [5.41, 5.74) is 2.48. The Labute approximate surface area is 195 Å². The molecule has 0 heterocycles. The van der Waals surface area contributed by atoms with Gasteiger partial charge >= 0.3 is 12.1 Å². The van der Waals surface area contributed by atoms with Crippen molar-refractivity contribution in [1.29, 1.82) is 0 Å². The molecule has 3 N–H and O–H groups in total. The molecule has 7 nitrogen and oxygen atoms in total. The Kier molecular flexibility index (Phi) is 6.06. The van der Waals surface area contributed by atoms with Crippen LogP contribution < -0.4 is 10.6 Å². The molecule has 0 spiro atoms. The predicted octanol–water partition coefficient (Wildman–Crippen LogP) is 4.78. The molecule has 2 amide bonds. The highest BCUT2D eigenvalue weighted by Gasteiger charge is 2.33. The van der Waals surface area contributed by atoms with Gasteiger partial charge in [0.15, 0.2) is 0 Å². The van der Waals surface area contributed by atoms with Gasteiger partial charge in [-0.2, -0.15) is 0 Å². The summed E-state index contributed by atoms with van der Waals surface area (Å²) in [5, 5.41) is 14.1. The summed E-state index contributed by atoms with van der Waals surface area (Å²) in [7, 11) is 0. The first kappa shape index (κ1) is 23.0. The maximum atomic E-state index is 13.6. The van der Waals surface area contributed by atoms with Gasteiger partial charge in [0.1, 0.15) is 18.0 Å². The van der Waals surface area contributed by atoms with Gasteiger partial charge in [0.05, 0.1) is 5.56 Å². The lowest BCUT2D eigenvalue weighted by molar-refractivity contribution is -0.121. The van der Waals surface area contributed by atoms with Gasteiger partial charge in [-0.05, 0) is 54.3 Å². The first-order chi connectivity index (χ1) is 16.2. The van der Waals surface area contributed by atoms with E-state index < -0.39 is 34.9 Å². The topological polar surface area (TPSA) is 105 Å². The van der Waals surface area contributed by atoms with Gasteiger partial charge in [-0.15, -0.1) is 0 Å². The third-order valence-electron chi connectivity index (χ3n) is 5.78. The highest BCUT2D eigenvalue weighted by Crippen LogP contribution is 2.44. The van der Waals surface area contributed by atoms with Crippen LogP contribution in [0.25, 0.3) is 11.1 Å². The van der Waals surface area contributed by atoms with Gasteiger partial charge in [0.2, 0.25) is 5.91 Å². The normalized spacial score (nSPS) is 12.4. The number of benzene rings is 3. The summed E-state index contributed by atoms with van der Waals surface area (Å²) in [6, 6.07) is 19.1. The number of carboxylic acids is 1. The van der Waals surface area contributed by atoms with E-state index in [1.807, 2.05) is 48.5 Å². The number of carbonyl (C=O) groups is 3. The third-order valence-corrected chi connectivity index (χ3v) is 5.78. The number of halogens is 1.